The molecular formula is C34H34N10O12S4. The van der Waals surface area contributed by atoms with Crippen LogP contribution < -0.4 is 16.0 Å². The fourth-order valence-electron chi connectivity index (χ4n) is 5.00. The van der Waals surface area contributed by atoms with E-state index < -0.39 is 46.7 Å². The van der Waals surface area contributed by atoms with Crippen LogP contribution in [0, 0.1) is 6.92 Å². The van der Waals surface area contributed by atoms with Crippen molar-refractivity contribution in [1.29, 1.82) is 0 Å². The lowest BCUT2D eigenvalue weighted by Gasteiger charge is -2.13. The van der Waals surface area contributed by atoms with E-state index in [1.165, 1.54) is 42.5 Å². The number of hydrogen-bond acceptors (Lipinski definition) is 19. The number of anilines is 5. The zero-order valence-corrected chi connectivity index (χ0v) is 33.8. The molecule has 0 saturated carbocycles. The minimum Gasteiger partial charge on any atom is -0.353 e. The van der Waals surface area contributed by atoms with Crippen LogP contribution in [0.5, 0.6) is 0 Å². The molecule has 0 spiro atoms. The average Bonchev–Trinajstić information content (AvgIpc) is 3.16. The van der Waals surface area contributed by atoms with Gasteiger partial charge in [-0.2, -0.15) is 60.7 Å². The maximum atomic E-state index is 11.9. The first kappa shape index (κ1) is 44.4. The molecule has 0 atom stereocenters. The number of rotatable bonds is 14. The maximum Gasteiger partial charge on any atom is 0.425 e. The number of aryl methyl sites for hydroxylation is 1. The second kappa shape index (κ2) is 18.9. The van der Waals surface area contributed by atoms with E-state index in [0.29, 0.717) is 50.5 Å². The summed E-state index contributed by atoms with van der Waals surface area (Å²) in [4.78, 5) is 12.6. The van der Waals surface area contributed by atoms with Crippen molar-refractivity contribution in [2.45, 2.75) is 16.7 Å². The Balaban J connectivity index is 0.00000163. The van der Waals surface area contributed by atoms with Gasteiger partial charge in [-0.3, -0.25) is 13.7 Å². The van der Waals surface area contributed by atoms with Gasteiger partial charge in [-0.05, 0) is 103 Å². The van der Waals surface area contributed by atoms with Crippen LogP contribution in [-0.4, -0.2) is 78.8 Å². The van der Waals surface area contributed by atoms with E-state index in [0.717, 1.165) is 0 Å². The smallest absolute Gasteiger partial charge is 0.353 e. The molecule has 60 heavy (non-hydrogen) atoms. The number of hydrogen-bond donors (Lipinski definition) is 6. The molecule has 0 unspecified atom stereocenters. The van der Waals surface area contributed by atoms with Crippen molar-refractivity contribution in [1.82, 2.24) is 15.0 Å². The molecule has 0 fully saturated rings. The monoisotopic (exact) mass is 902 g/mol. The largest absolute Gasteiger partial charge is 0.425 e. The zero-order valence-electron chi connectivity index (χ0n) is 30.5. The van der Waals surface area contributed by atoms with Gasteiger partial charge >= 0.3 is 10.6 Å². The Morgan fingerprint density at radius 1 is 0.617 bits per heavy atom. The highest BCUT2D eigenvalue weighted by Gasteiger charge is 2.15. The van der Waals surface area contributed by atoms with Crippen LogP contribution in [0.15, 0.2) is 133 Å². The van der Waals surface area contributed by atoms with E-state index in [9.17, 15) is 29.8 Å². The van der Waals surface area contributed by atoms with Crippen LogP contribution in [0.2, 0.25) is 0 Å². The van der Waals surface area contributed by atoms with Crippen LogP contribution in [0.3, 0.4) is 0 Å². The Morgan fingerprint density at radius 2 is 1.13 bits per heavy atom. The second-order valence-electron chi connectivity index (χ2n) is 12.0. The van der Waals surface area contributed by atoms with Gasteiger partial charge in [-0.15, -0.1) is 12.6 Å². The average molecular weight is 903 g/mol. The van der Waals surface area contributed by atoms with Crippen LogP contribution in [0.25, 0.3) is 10.8 Å². The van der Waals surface area contributed by atoms with E-state index in [-0.39, 0.29) is 37.0 Å². The molecule has 1 aromatic heterocycles. The lowest BCUT2D eigenvalue weighted by molar-refractivity contribution is 0.481. The Kier molecular flexibility index (Phi) is 14.0. The molecule has 6 N–H and O–H groups in total. The summed E-state index contributed by atoms with van der Waals surface area (Å²) >= 11 is 0. The van der Waals surface area contributed by atoms with Gasteiger partial charge in [0.25, 0.3) is 30.4 Å². The Hall–Kier alpha value is -6.68. The first-order valence-corrected chi connectivity index (χ1v) is 22.1. The number of aromatic nitrogens is 3. The summed E-state index contributed by atoms with van der Waals surface area (Å²) in [6.45, 7) is 1.60. The van der Waals surface area contributed by atoms with E-state index >= 15 is 0 Å². The SMILES string of the molecule is Cc1cc(N=Nc2ccc3cccc(S(=O)(=O)O)c3c2)ccc1Nc1nc(NCCS(=O)(=O)O)nc(Nc2ccc(N=Nc3ccc(S(=O)(=O)O)cc3)cc2)n1.O=S(=O)=O.[HH].[HH]. The minimum absolute atomic E-state index is 0. The van der Waals surface area contributed by atoms with Gasteiger partial charge in [0.1, 0.15) is 4.90 Å². The maximum absolute atomic E-state index is 11.9. The Bertz CT molecular complexity index is 3070. The van der Waals surface area contributed by atoms with E-state index in [2.05, 4.69) is 51.4 Å². The molecule has 5 aromatic carbocycles. The van der Waals surface area contributed by atoms with Crippen molar-refractivity contribution >= 4 is 104 Å². The van der Waals surface area contributed by atoms with E-state index in [4.69, 9.17) is 21.7 Å². The third-order valence-electron chi connectivity index (χ3n) is 7.66. The van der Waals surface area contributed by atoms with Crippen molar-refractivity contribution in [2.24, 2.45) is 20.5 Å². The number of nitrogens with one attached hydrogen (secondary N) is 3. The first-order valence-electron chi connectivity index (χ1n) is 16.6. The number of benzene rings is 5. The van der Waals surface area contributed by atoms with Gasteiger partial charge in [0.2, 0.25) is 17.8 Å². The van der Waals surface area contributed by atoms with Gasteiger partial charge in [0.15, 0.2) is 0 Å². The topological polar surface area (TPSA) is 339 Å². The van der Waals surface area contributed by atoms with Crippen molar-refractivity contribution in [3.8, 4) is 0 Å². The molecule has 0 aliphatic heterocycles. The summed E-state index contributed by atoms with van der Waals surface area (Å²) in [6.07, 6.45) is 0. The zero-order chi connectivity index (χ0) is 43.7. The van der Waals surface area contributed by atoms with E-state index in [1.54, 1.807) is 67.6 Å². The third-order valence-corrected chi connectivity index (χ3v) is 10.2. The third kappa shape index (κ3) is 13.4. The molecular weight excluding hydrogens is 869 g/mol. The predicted molar refractivity (Wildman–Crippen MR) is 221 cm³/mol. The summed E-state index contributed by atoms with van der Waals surface area (Å²) in [5, 5.41) is 26.5. The molecule has 0 saturated heterocycles. The second-order valence-corrected chi connectivity index (χ2v) is 16.8. The van der Waals surface area contributed by atoms with Crippen LogP contribution in [-0.2, 0) is 41.0 Å². The van der Waals surface area contributed by atoms with Crippen molar-refractivity contribution in [3.05, 3.63) is 109 Å². The fourth-order valence-corrected chi connectivity index (χ4v) is 6.55. The van der Waals surface area contributed by atoms with Crippen LogP contribution >= 0.6 is 0 Å². The molecule has 1 heterocycles. The first-order chi connectivity index (χ1) is 28.2. The van der Waals surface area contributed by atoms with E-state index in [1.807, 2.05) is 0 Å². The quantitative estimate of drug-likeness (QED) is 0.0476. The number of nitrogens with zero attached hydrogens (tertiary/aromatic N) is 7. The van der Waals surface area contributed by atoms with Crippen LogP contribution in [0.4, 0.5) is 52.0 Å². The van der Waals surface area contributed by atoms with Gasteiger partial charge in [-0.25, -0.2) is 0 Å². The molecule has 22 nitrogen and oxygen atoms in total. The molecule has 0 aliphatic rings. The molecule has 316 valence electrons. The summed E-state index contributed by atoms with van der Waals surface area (Å²) in [6, 6.07) is 26.3. The fraction of sp³-hybridized carbons (Fsp3) is 0.0882. The standard InChI is InChI=1S/C34H30N10O9S3.O3S.2H2/c1-21-19-26(43-44-27-6-5-22-3-2-4-31(29(22)20-27)56(51,52)53)13-16-30(21)37-34-39-32(35-17-18-54(45,46)47)38-33(40-34)36-23-7-9-24(10-8-23)41-42-25-11-14-28(15-12-25)55(48,49)50;1-4(2)3;;/h2-16,19-20H,17-18H2,1H3,(H,45,46,47)(H,48,49,50)(H,51,52,53)(H3,35,36,37,38,39,40);;2*1H. The van der Waals surface area contributed by atoms with Gasteiger partial charge in [0.05, 0.1) is 33.4 Å². The number of azo groups is 2. The summed E-state index contributed by atoms with van der Waals surface area (Å²) in [5.41, 5.74) is 3.47. The Labute approximate surface area is 345 Å². The molecule has 6 aromatic rings. The molecule has 6 rings (SSSR count). The molecule has 0 bridgehead atoms. The normalized spacial score (nSPS) is 11.9. The van der Waals surface area contributed by atoms with Gasteiger partial charge < -0.3 is 16.0 Å². The molecule has 0 amide bonds. The summed E-state index contributed by atoms with van der Waals surface area (Å²) in [7, 11) is -16.2. The summed E-state index contributed by atoms with van der Waals surface area (Å²) < 4.78 is 122. The highest BCUT2D eigenvalue weighted by atomic mass is 32.2. The lowest BCUT2D eigenvalue weighted by atomic mass is 10.1. The number of fused-ring (bicyclic) bond motifs is 1. The van der Waals surface area contributed by atoms with Gasteiger partial charge in [-0.1, -0.05) is 18.2 Å². The Morgan fingerprint density at radius 3 is 1.70 bits per heavy atom. The van der Waals surface area contributed by atoms with Gasteiger partial charge in [0, 0.05) is 26.2 Å². The summed E-state index contributed by atoms with van der Waals surface area (Å²) in [5.74, 6) is -0.456. The lowest BCUT2D eigenvalue weighted by Crippen LogP contribution is -2.17. The van der Waals surface area contributed by atoms with Crippen molar-refractivity contribution < 1.29 is 54.4 Å². The highest BCUT2D eigenvalue weighted by Crippen LogP contribution is 2.30. The molecule has 26 heteroatoms. The molecule has 0 radical (unpaired) electrons. The van der Waals surface area contributed by atoms with Crippen LogP contribution in [0.1, 0.15) is 8.42 Å². The predicted octanol–water partition coefficient (Wildman–Crippen LogP) is 6.93. The van der Waals surface area contributed by atoms with Crippen molar-refractivity contribution in [3.63, 3.8) is 0 Å². The minimum atomic E-state index is -4.46. The van der Waals surface area contributed by atoms with Crippen molar-refractivity contribution in [2.75, 3.05) is 28.2 Å². The molecule has 0 aliphatic carbocycles. The highest BCUT2D eigenvalue weighted by molar-refractivity contribution is 7.86.